The Morgan fingerprint density at radius 2 is 1.71 bits per heavy atom. The standard InChI is InChI=1S/C20H22N2O5S/c1-13-5-3-4-6-18(13)22-28(25,26)17-11-7-15(8-12-17)20(24)27-14(2)19(23)21-16-9-10-16/h3-8,11-12,14,16,22H,9-10H2,1-2H3,(H,21,23)/t14-/m1/s1. The van der Waals surface area contributed by atoms with Crippen molar-refractivity contribution in [2.45, 2.75) is 43.7 Å². The number of carbonyl (C=O) groups excluding carboxylic acids is 2. The third kappa shape index (κ3) is 4.89. The lowest BCUT2D eigenvalue weighted by Gasteiger charge is -2.13. The van der Waals surface area contributed by atoms with Crippen molar-refractivity contribution in [3.63, 3.8) is 0 Å². The Hall–Kier alpha value is -2.87. The van der Waals surface area contributed by atoms with E-state index in [1.54, 1.807) is 25.1 Å². The van der Waals surface area contributed by atoms with Gasteiger partial charge in [0.1, 0.15) is 0 Å². The van der Waals surface area contributed by atoms with Crippen LogP contribution in [0, 0.1) is 6.92 Å². The predicted molar refractivity (Wildman–Crippen MR) is 104 cm³/mol. The van der Waals surface area contributed by atoms with E-state index >= 15 is 0 Å². The first kappa shape index (κ1) is 19.9. The van der Waals surface area contributed by atoms with Crippen molar-refractivity contribution >= 4 is 27.6 Å². The molecule has 1 saturated carbocycles. The molecule has 148 valence electrons. The van der Waals surface area contributed by atoms with Gasteiger partial charge in [0, 0.05) is 6.04 Å². The fraction of sp³-hybridized carbons (Fsp3) is 0.300. The van der Waals surface area contributed by atoms with Crippen LogP contribution in [0.4, 0.5) is 5.69 Å². The number of rotatable bonds is 7. The van der Waals surface area contributed by atoms with E-state index in [-0.39, 0.29) is 22.4 Å². The van der Waals surface area contributed by atoms with Crippen molar-refractivity contribution < 1.29 is 22.7 Å². The highest BCUT2D eigenvalue weighted by Crippen LogP contribution is 2.21. The lowest BCUT2D eigenvalue weighted by molar-refractivity contribution is -0.129. The normalized spacial score (nSPS) is 14.8. The molecule has 1 aliphatic rings. The van der Waals surface area contributed by atoms with Gasteiger partial charge in [0.15, 0.2) is 6.10 Å². The molecule has 0 radical (unpaired) electrons. The van der Waals surface area contributed by atoms with E-state index in [1.165, 1.54) is 31.2 Å². The molecule has 0 saturated heterocycles. The van der Waals surface area contributed by atoms with Crippen molar-refractivity contribution in [1.82, 2.24) is 5.32 Å². The molecule has 28 heavy (non-hydrogen) atoms. The van der Waals surface area contributed by atoms with Gasteiger partial charge >= 0.3 is 5.97 Å². The molecule has 1 aliphatic carbocycles. The summed E-state index contributed by atoms with van der Waals surface area (Å²) in [4.78, 5) is 24.1. The molecule has 0 bridgehead atoms. The molecule has 2 aromatic rings. The summed E-state index contributed by atoms with van der Waals surface area (Å²) in [5.41, 5.74) is 1.45. The van der Waals surface area contributed by atoms with Gasteiger partial charge < -0.3 is 10.1 Å². The highest BCUT2D eigenvalue weighted by atomic mass is 32.2. The lowest BCUT2D eigenvalue weighted by atomic mass is 10.2. The van der Waals surface area contributed by atoms with Gasteiger partial charge in [0.25, 0.3) is 15.9 Å². The van der Waals surface area contributed by atoms with Crippen molar-refractivity contribution in [1.29, 1.82) is 0 Å². The number of benzene rings is 2. The molecule has 0 aliphatic heterocycles. The Kier molecular flexibility index (Phi) is 5.69. The summed E-state index contributed by atoms with van der Waals surface area (Å²) < 4.78 is 32.7. The summed E-state index contributed by atoms with van der Waals surface area (Å²) >= 11 is 0. The Morgan fingerprint density at radius 1 is 1.07 bits per heavy atom. The first-order chi connectivity index (χ1) is 13.3. The summed E-state index contributed by atoms with van der Waals surface area (Å²) in [6.45, 7) is 3.30. The summed E-state index contributed by atoms with van der Waals surface area (Å²) in [6, 6.07) is 12.6. The van der Waals surface area contributed by atoms with E-state index in [2.05, 4.69) is 10.0 Å². The molecule has 1 fully saturated rings. The van der Waals surface area contributed by atoms with Crippen molar-refractivity contribution in [3.05, 3.63) is 59.7 Å². The van der Waals surface area contributed by atoms with Crippen LogP contribution in [-0.4, -0.2) is 32.4 Å². The molecule has 0 spiro atoms. The molecular formula is C20H22N2O5S. The van der Waals surface area contributed by atoms with Crippen LogP contribution in [-0.2, 0) is 19.6 Å². The molecule has 3 rings (SSSR count). The highest BCUT2D eigenvalue weighted by molar-refractivity contribution is 7.92. The third-order valence-electron chi connectivity index (χ3n) is 4.37. The van der Waals surface area contributed by atoms with E-state index < -0.39 is 22.1 Å². The lowest BCUT2D eigenvalue weighted by Crippen LogP contribution is -2.37. The minimum atomic E-state index is -3.79. The number of sulfonamides is 1. The SMILES string of the molecule is Cc1ccccc1NS(=O)(=O)c1ccc(C(=O)O[C@H](C)C(=O)NC2CC2)cc1. The topological polar surface area (TPSA) is 102 Å². The Balaban J connectivity index is 1.65. The molecule has 1 amide bonds. The molecule has 1 atom stereocenters. The molecule has 2 N–H and O–H groups in total. The smallest absolute Gasteiger partial charge is 0.338 e. The number of anilines is 1. The average molecular weight is 402 g/mol. The number of aryl methyl sites for hydroxylation is 1. The largest absolute Gasteiger partial charge is 0.449 e. The quantitative estimate of drug-likeness (QED) is 0.693. The monoisotopic (exact) mass is 402 g/mol. The molecular weight excluding hydrogens is 380 g/mol. The predicted octanol–water partition coefficient (Wildman–Crippen LogP) is 2.62. The fourth-order valence-electron chi connectivity index (χ4n) is 2.49. The number of ether oxygens (including phenoxy) is 1. The molecule has 7 nitrogen and oxygen atoms in total. The van der Waals surface area contributed by atoms with Gasteiger partial charge in [-0.2, -0.15) is 0 Å². The molecule has 0 aromatic heterocycles. The Morgan fingerprint density at radius 3 is 2.32 bits per heavy atom. The summed E-state index contributed by atoms with van der Waals surface area (Å²) in [6.07, 6.45) is 0.969. The van der Waals surface area contributed by atoms with E-state index in [9.17, 15) is 18.0 Å². The van der Waals surface area contributed by atoms with Gasteiger partial charge in [-0.25, -0.2) is 13.2 Å². The van der Waals surface area contributed by atoms with Gasteiger partial charge in [-0.15, -0.1) is 0 Å². The highest BCUT2D eigenvalue weighted by Gasteiger charge is 2.27. The number of para-hydroxylation sites is 1. The molecule has 2 aromatic carbocycles. The minimum Gasteiger partial charge on any atom is -0.449 e. The first-order valence-corrected chi connectivity index (χ1v) is 10.4. The zero-order chi connectivity index (χ0) is 20.3. The zero-order valence-electron chi connectivity index (χ0n) is 15.6. The summed E-state index contributed by atoms with van der Waals surface area (Å²) in [5, 5.41) is 2.76. The molecule has 8 heteroatoms. The number of hydrogen-bond donors (Lipinski definition) is 2. The summed E-state index contributed by atoms with van der Waals surface area (Å²) in [7, 11) is -3.79. The van der Waals surface area contributed by atoms with Crippen LogP contribution in [0.5, 0.6) is 0 Å². The van der Waals surface area contributed by atoms with Crippen molar-refractivity contribution in [3.8, 4) is 0 Å². The van der Waals surface area contributed by atoms with E-state index in [0.29, 0.717) is 5.69 Å². The van der Waals surface area contributed by atoms with E-state index in [1.807, 2.05) is 6.07 Å². The van der Waals surface area contributed by atoms with Crippen LogP contribution in [0.25, 0.3) is 0 Å². The second-order valence-electron chi connectivity index (χ2n) is 6.78. The zero-order valence-corrected chi connectivity index (χ0v) is 16.5. The van der Waals surface area contributed by atoms with E-state index in [4.69, 9.17) is 4.74 Å². The Bertz CT molecular complexity index is 982. The van der Waals surface area contributed by atoms with Gasteiger partial charge in [-0.1, -0.05) is 18.2 Å². The second-order valence-corrected chi connectivity index (χ2v) is 8.46. The maximum atomic E-state index is 12.5. The number of esters is 1. The van der Waals surface area contributed by atoms with Crippen LogP contribution in [0.15, 0.2) is 53.4 Å². The fourth-order valence-corrected chi connectivity index (χ4v) is 3.62. The van der Waals surface area contributed by atoms with Gasteiger partial charge in [0.2, 0.25) is 0 Å². The number of carbonyl (C=O) groups is 2. The van der Waals surface area contributed by atoms with Crippen LogP contribution in [0.2, 0.25) is 0 Å². The third-order valence-corrected chi connectivity index (χ3v) is 5.75. The molecule has 0 heterocycles. The maximum Gasteiger partial charge on any atom is 0.338 e. The van der Waals surface area contributed by atoms with Gasteiger partial charge in [0.05, 0.1) is 16.1 Å². The average Bonchev–Trinajstić information content (AvgIpc) is 3.47. The number of hydrogen-bond acceptors (Lipinski definition) is 5. The number of nitrogens with one attached hydrogen (secondary N) is 2. The molecule has 0 unspecified atom stereocenters. The number of amides is 1. The summed E-state index contributed by atoms with van der Waals surface area (Å²) in [5.74, 6) is -1.02. The van der Waals surface area contributed by atoms with Crippen LogP contribution in [0.3, 0.4) is 0 Å². The van der Waals surface area contributed by atoms with Crippen molar-refractivity contribution in [2.75, 3.05) is 4.72 Å². The first-order valence-electron chi connectivity index (χ1n) is 8.96. The Labute approximate surface area is 164 Å². The van der Waals surface area contributed by atoms with Crippen LogP contribution >= 0.6 is 0 Å². The minimum absolute atomic E-state index is 0.0202. The van der Waals surface area contributed by atoms with Crippen LogP contribution < -0.4 is 10.0 Å². The van der Waals surface area contributed by atoms with Crippen LogP contribution in [0.1, 0.15) is 35.7 Å². The van der Waals surface area contributed by atoms with Gasteiger partial charge in [-0.3, -0.25) is 9.52 Å². The van der Waals surface area contributed by atoms with Gasteiger partial charge in [-0.05, 0) is 62.6 Å². The van der Waals surface area contributed by atoms with Crippen molar-refractivity contribution in [2.24, 2.45) is 0 Å². The maximum absolute atomic E-state index is 12.5. The van der Waals surface area contributed by atoms with E-state index in [0.717, 1.165) is 18.4 Å². The second kappa shape index (κ2) is 8.02.